The van der Waals surface area contributed by atoms with Crippen molar-refractivity contribution in [2.24, 2.45) is 7.05 Å². The molecule has 1 aliphatic heterocycles. The second-order valence-corrected chi connectivity index (χ2v) is 6.56. The maximum absolute atomic E-state index is 6.09. The van der Waals surface area contributed by atoms with Crippen LogP contribution < -0.4 is 4.90 Å². The third-order valence-corrected chi connectivity index (χ3v) is 4.97. The molecule has 0 saturated carbocycles. The van der Waals surface area contributed by atoms with Crippen molar-refractivity contribution in [1.82, 2.24) is 24.7 Å². The lowest BCUT2D eigenvalue weighted by Crippen LogP contribution is -2.36. The van der Waals surface area contributed by atoms with Crippen molar-refractivity contribution in [3.63, 3.8) is 0 Å². The first kappa shape index (κ1) is 14.4. The summed E-state index contributed by atoms with van der Waals surface area (Å²) in [4.78, 5) is 11.3. The monoisotopic (exact) mass is 334 g/mol. The Labute approximate surface area is 144 Å². The standard InChI is InChI=1S/C18H18N6O/c1-23-11-21-22-17(23)12-5-4-8-24(9-12)18-16-15(19-10-20-18)13-6-2-3-7-14(13)25-16/h2-3,6-7,10-12H,4-5,8-9H2,1H3. The topological polar surface area (TPSA) is 72.9 Å². The van der Waals surface area contributed by atoms with Gasteiger partial charge in [-0.25, -0.2) is 9.97 Å². The van der Waals surface area contributed by atoms with Crippen LogP contribution in [0.4, 0.5) is 5.82 Å². The maximum Gasteiger partial charge on any atom is 0.196 e. The first-order valence-electron chi connectivity index (χ1n) is 8.52. The van der Waals surface area contributed by atoms with E-state index in [0.717, 1.165) is 59.6 Å². The lowest BCUT2D eigenvalue weighted by atomic mass is 9.97. The van der Waals surface area contributed by atoms with Gasteiger partial charge in [-0.3, -0.25) is 0 Å². The van der Waals surface area contributed by atoms with Crippen LogP contribution >= 0.6 is 0 Å². The molecular weight excluding hydrogens is 316 g/mol. The first-order valence-corrected chi connectivity index (χ1v) is 8.52. The second kappa shape index (κ2) is 5.54. The normalized spacial score (nSPS) is 18.3. The third kappa shape index (κ3) is 2.26. The van der Waals surface area contributed by atoms with Crippen molar-refractivity contribution in [2.45, 2.75) is 18.8 Å². The molecule has 126 valence electrons. The minimum Gasteiger partial charge on any atom is -0.450 e. The fraction of sp³-hybridized carbons (Fsp3) is 0.333. The fourth-order valence-electron chi connectivity index (χ4n) is 3.78. The van der Waals surface area contributed by atoms with Crippen molar-refractivity contribution in [2.75, 3.05) is 18.0 Å². The van der Waals surface area contributed by atoms with Gasteiger partial charge in [0.15, 0.2) is 11.4 Å². The molecule has 4 heterocycles. The zero-order valence-corrected chi connectivity index (χ0v) is 14.0. The molecule has 4 aromatic rings. The fourth-order valence-corrected chi connectivity index (χ4v) is 3.78. The van der Waals surface area contributed by atoms with Crippen LogP contribution in [0.3, 0.4) is 0 Å². The van der Waals surface area contributed by atoms with Crippen LogP contribution in [-0.4, -0.2) is 37.8 Å². The first-order chi connectivity index (χ1) is 12.3. The van der Waals surface area contributed by atoms with Gasteiger partial charge in [0, 0.05) is 31.4 Å². The maximum atomic E-state index is 6.09. The van der Waals surface area contributed by atoms with E-state index in [1.54, 1.807) is 12.7 Å². The van der Waals surface area contributed by atoms with Gasteiger partial charge in [-0.1, -0.05) is 12.1 Å². The molecule has 0 radical (unpaired) electrons. The number of rotatable bonds is 2. The van der Waals surface area contributed by atoms with E-state index in [-0.39, 0.29) is 0 Å². The van der Waals surface area contributed by atoms with E-state index < -0.39 is 0 Å². The van der Waals surface area contributed by atoms with Gasteiger partial charge in [0.25, 0.3) is 0 Å². The number of hydrogen-bond acceptors (Lipinski definition) is 6. The smallest absolute Gasteiger partial charge is 0.196 e. The van der Waals surface area contributed by atoms with E-state index in [2.05, 4.69) is 25.1 Å². The largest absolute Gasteiger partial charge is 0.450 e. The minimum atomic E-state index is 0.343. The highest BCUT2D eigenvalue weighted by Gasteiger charge is 2.27. The van der Waals surface area contributed by atoms with Gasteiger partial charge in [0.05, 0.1) is 0 Å². The number of hydrogen-bond donors (Lipinski definition) is 0. The molecule has 0 amide bonds. The van der Waals surface area contributed by atoms with Gasteiger partial charge in [-0.2, -0.15) is 0 Å². The average molecular weight is 334 g/mol. The van der Waals surface area contributed by atoms with Gasteiger partial charge in [0.1, 0.15) is 29.6 Å². The Balaban J connectivity index is 1.57. The number of furan rings is 1. The van der Waals surface area contributed by atoms with E-state index in [4.69, 9.17) is 4.42 Å². The second-order valence-electron chi connectivity index (χ2n) is 6.56. The van der Waals surface area contributed by atoms with Gasteiger partial charge >= 0.3 is 0 Å². The lowest BCUT2D eigenvalue weighted by molar-refractivity contribution is 0.477. The molecule has 7 heteroatoms. The van der Waals surface area contributed by atoms with Gasteiger partial charge in [-0.15, -0.1) is 10.2 Å². The average Bonchev–Trinajstić information content (AvgIpc) is 3.25. The van der Waals surface area contributed by atoms with Gasteiger partial charge in [-0.05, 0) is 25.0 Å². The van der Waals surface area contributed by atoms with Gasteiger partial charge in [0.2, 0.25) is 0 Å². The Hall–Kier alpha value is -2.96. The van der Waals surface area contributed by atoms with Gasteiger partial charge < -0.3 is 13.9 Å². The summed E-state index contributed by atoms with van der Waals surface area (Å²) in [5, 5.41) is 9.35. The quantitative estimate of drug-likeness (QED) is 0.561. The Morgan fingerprint density at radius 1 is 1.20 bits per heavy atom. The van der Waals surface area contributed by atoms with Crippen LogP contribution in [0.1, 0.15) is 24.6 Å². The summed E-state index contributed by atoms with van der Waals surface area (Å²) in [6.07, 6.45) is 5.59. The Kier molecular flexibility index (Phi) is 3.19. The summed E-state index contributed by atoms with van der Waals surface area (Å²) in [5.74, 6) is 2.24. The molecule has 5 rings (SSSR count). The molecule has 7 nitrogen and oxygen atoms in total. The zero-order valence-electron chi connectivity index (χ0n) is 14.0. The Morgan fingerprint density at radius 2 is 2.12 bits per heavy atom. The van der Waals surface area contributed by atoms with E-state index in [0.29, 0.717) is 5.92 Å². The van der Waals surface area contributed by atoms with Crippen LogP contribution in [0.5, 0.6) is 0 Å². The molecule has 25 heavy (non-hydrogen) atoms. The number of piperidine rings is 1. The van der Waals surface area contributed by atoms with Crippen molar-refractivity contribution in [1.29, 1.82) is 0 Å². The van der Waals surface area contributed by atoms with Crippen LogP contribution in [0.25, 0.3) is 22.1 Å². The van der Waals surface area contributed by atoms with Crippen molar-refractivity contribution >= 4 is 27.9 Å². The third-order valence-electron chi connectivity index (χ3n) is 4.97. The van der Waals surface area contributed by atoms with Crippen LogP contribution in [0, 0.1) is 0 Å². The predicted octanol–water partition coefficient (Wildman–Crippen LogP) is 2.89. The molecule has 3 aromatic heterocycles. The summed E-state index contributed by atoms with van der Waals surface area (Å²) >= 11 is 0. The molecule has 1 saturated heterocycles. The predicted molar refractivity (Wildman–Crippen MR) is 94.5 cm³/mol. The highest BCUT2D eigenvalue weighted by atomic mass is 16.3. The molecule has 1 fully saturated rings. The van der Waals surface area contributed by atoms with E-state index in [9.17, 15) is 0 Å². The SMILES string of the molecule is Cn1cnnc1C1CCCN(c2ncnc3c2oc2ccccc23)C1. The number of benzene rings is 1. The van der Waals surface area contributed by atoms with Crippen molar-refractivity contribution in [3.8, 4) is 0 Å². The van der Waals surface area contributed by atoms with Crippen molar-refractivity contribution in [3.05, 3.63) is 42.7 Å². The number of para-hydroxylation sites is 1. The Bertz CT molecular complexity index is 1050. The number of aromatic nitrogens is 5. The van der Waals surface area contributed by atoms with Crippen LogP contribution in [0.15, 0.2) is 41.3 Å². The minimum absolute atomic E-state index is 0.343. The molecule has 1 aliphatic rings. The van der Waals surface area contributed by atoms with Crippen LogP contribution in [-0.2, 0) is 7.05 Å². The summed E-state index contributed by atoms with van der Waals surface area (Å²) in [6.45, 7) is 1.81. The highest BCUT2D eigenvalue weighted by molar-refractivity contribution is 6.05. The summed E-state index contributed by atoms with van der Waals surface area (Å²) < 4.78 is 8.09. The zero-order chi connectivity index (χ0) is 16.8. The van der Waals surface area contributed by atoms with Crippen molar-refractivity contribution < 1.29 is 4.42 Å². The molecule has 0 bridgehead atoms. The Morgan fingerprint density at radius 3 is 3.00 bits per heavy atom. The summed E-state index contributed by atoms with van der Waals surface area (Å²) in [5.41, 5.74) is 2.49. The summed E-state index contributed by atoms with van der Waals surface area (Å²) in [7, 11) is 2.00. The molecule has 0 N–H and O–H groups in total. The van der Waals surface area contributed by atoms with E-state index in [1.807, 2.05) is 35.9 Å². The molecular formula is C18H18N6O. The number of fused-ring (bicyclic) bond motifs is 3. The molecule has 1 unspecified atom stereocenters. The molecule has 1 atom stereocenters. The lowest BCUT2D eigenvalue weighted by Gasteiger charge is -2.32. The number of aryl methyl sites for hydroxylation is 1. The molecule has 1 aromatic carbocycles. The van der Waals surface area contributed by atoms with Crippen LogP contribution in [0.2, 0.25) is 0 Å². The number of nitrogens with zero attached hydrogens (tertiary/aromatic N) is 6. The highest BCUT2D eigenvalue weighted by Crippen LogP contribution is 2.35. The molecule has 0 aliphatic carbocycles. The van der Waals surface area contributed by atoms with E-state index in [1.165, 1.54) is 0 Å². The summed E-state index contributed by atoms with van der Waals surface area (Å²) in [6, 6.07) is 7.99. The van der Waals surface area contributed by atoms with E-state index >= 15 is 0 Å². The number of anilines is 1. The molecule has 0 spiro atoms.